The first-order valence-corrected chi connectivity index (χ1v) is 10.2. The van der Waals surface area contributed by atoms with Crippen molar-refractivity contribution in [2.75, 3.05) is 29.9 Å². The molecular weight excluding hydrogens is 425 g/mol. The maximum Gasteiger partial charge on any atom is 0.405 e. The zero-order chi connectivity index (χ0) is 22.7. The molecule has 0 radical (unpaired) electrons. The van der Waals surface area contributed by atoms with Crippen molar-refractivity contribution in [3.05, 3.63) is 54.1 Å². The Labute approximate surface area is 181 Å². The van der Waals surface area contributed by atoms with Gasteiger partial charge in [0.2, 0.25) is 5.91 Å². The number of benzene rings is 2. The summed E-state index contributed by atoms with van der Waals surface area (Å²) in [5, 5.41) is 4.52. The summed E-state index contributed by atoms with van der Waals surface area (Å²) in [4.78, 5) is 31.4. The molecule has 1 saturated heterocycles. The van der Waals surface area contributed by atoms with Gasteiger partial charge in [-0.1, -0.05) is 24.3 Å². The lowest BCUT2D eigenvalue weighted by molar-refractivity contribution is -0.123. The monoisotopic (exact) mass is 446 g/mol. The number of carbonyl (C=O) groups is 2. The topological polar surface area (TPSA) is 87.5 Å². The smallest absolute Gasteiger partial charge is 0.405 e. The molecule has 0 saturated carbocycles. The molecule has 2 N–H and O–H groups in total. The van der Waals surface area contributed by atoms with Crippen LogP contribution >= 0.6 is 0 Å². The molecule has 0 aliphatic carbocycles. The lowest BCUT2D eigenvalue weighted by atomic mass is 9.96. The van der Waals surface area contributed by atoms with Crippen LogP contribution in [0, 0.1) is 5.92 Å². The van der Waals surface area contributed by atoms with Crippen LogP contribution in [0.15, 0.2) is 52.9 Å². The van der Waals surface area contributed by atoms with Gasteiger partial charge < -0.3 is 20.0 Å². The summed E-state index contributed by atoms with van der Waals surface area (Å²) in [5.74, 6) is -1.48. The molecule has 32 heavy (non-hydrogen) atoms. The van der Waals surface area contributed by atoms with Crippen LogP contribution in [-0.2, 0) is 4.79 Å². The third-order valence-corrected chi connectivity index (χ3v) is 5.30. The van der Waals surface area contributed by atoms with Crippen molar-refractivity contribution in [2.24, 2.45) is 5.92 Å². The first-order chi connectivity index (χ1) is 15.3. The highest BCUT2D eigenvalue weighted by atomic mass is 19.4. The molecule has 1 aromatic heterocycles. The number of hydrogen-bond donors (Lipinski definition) is 2. The molecule has 10 heteroatoms. The summed E-state index contributed by atoms with van der Waals surface area (Å²) < 4.78 is 43.0. The zero-order valence-electron chi connectivity index (χ0n) is 17.0. The van der Waals surface area contributed by atoms with E-state index < -0.39 is 18.6 Å². The summed E-state index contributed by atoms with van der Waals surface area (Å²) in [7, 11) is 0. The van der Waals surface area contributed by atoms with E-state index >= 15 is 0 Å². The number of carbonyl (C=O) groups excluding carboxylic acids is 2. The second kappa shape index (κ2) is 8.89. The van der Waals surface area contributed by atoms with Crippen LogP contribution < -0.4 is 15.5 Å². The maximum absolute atomic E-state index is 12.8. The van der Waals surface area contributed by atoms with Crippen LogP contribution in [0.1, 0.15) is 23.2 Å². The van der Waals surface area contributed by atoms with E-state index in [0.29, 0.717) is 37.5 Å². The van der Waals surface area contributed by atoms with E-state index in [1.807, 2.05) is 34.5 Å². The summed E-state index contributed by atoms with van der Waals surface area (Å²) >= 11 is 0. The van der Waals surface area contributed by atoms with Crippen molar-refractivity contribution in [1.29, 1.82) is 0 Å². The number of oxazole rings is 1. The molecule has 1 aliphatic heterocycles. The Hall–Kier alpha value is -3.56. The molecule has 0 unspecified atom stereocenters. The van der Waals surface area contributed by atoms with Crippen LogP contribution in [0.2, 0.25) is 0 Å². The highest BCUT2D eigenvalue weighted by molar-refractivity contribution is 6.04. The molecule has 7 nitrogen and oxygen atoms in total. The van der Waals surface area contributed by atoms with Crippen molar-refractivity contribution in [3.63, 3.8) is 0 Å². The fourth-order valence-corrected chi connectivity index (χ4v) is 3.63. The van der Waals surface area contributed by atoms with Crippen LogP contribution in [0.3, 0.4) is 0 Å². The van der Waals surface area contributed by atoms with Crippen molar-refractivity contribution in [2.45, 2.75) is 19.0 Å². The van der Waals surface area contributed by atoms with Gasteiger partial charge in [0.15, 0.2) is 5.58 Å². The molecule has 4 rings (SSSR count). The molecule has 2 aromatic carbocycles. The quantitative estimate of drug-likeness (QED) is 0.619. The third-order valence-electron chi connectivity index (χ3n) is 5.30. The first kappa shape index (κ1) is 21.7. The number of piperidine rings is 1. The van der Waals surface area contributed by atoms with Gasteiger partial charge in [-0.2, -0.15) is 18.2 Å². The van der Waals surface area contributed by atoms with Gasteiger partial charge in [0.25, 0.3) is 11.9 Å². The number of nitrogens with zero attached hydrogens (tertiary/aromatic N) is 2. The van der Waals surface area contributed by atoms with Gasteiger partial charge in [-0.05, 0) is 37.1 Å². The van der Waals surface area contributed by atoms with E-state index in [2.05, 4.69) is 10.3 Å². The van der Waals surface area contributed by atoms with Crippen LogP contribution in [0.5, 0.6) is 0 Å². The predicted molar refractivity (Wildman–Crippen MR) is 112 cm³/mol. The molecule has 0 atom stereocenters. The zero-order valence-corrected chi connectivity index (χ0v) is 17.0. The number of rotatable bonds is 5. The Kier molecular flexibility index (Phi) is 6.02. The number of nitrogens with one attached hydrogen (secondary N) is 2. The Morgan fingerprint density at radius 1 is 1.06 bits per heavy atom. The summed E-state index contributed by atoms with van der Waals surface area (Å²) in [5.41, 5.74) is 1.62. The number of alkyl halides is 3. The van der Waals surface area contributed by atoms with Crippen LogP contribution in [0.4, 0.5) is 24.9 Å². The van der Waals surface area contributed by atoms with E-state index in [1.165, 1.54) is 18.2 Å². The minimum atomic E-state index is -4.52. The Morgan fingerprint density at radius 2 is 1.75 bits per heavy atom. The first-order valence-electron chi connectivity index (χ1n) is 10.2. The molecule has 0 bridgehead atoms. The van der Waals surface area contributed by atoms with E-state index in [0.717, 1.165) is 5.52 Å². The lowest BCUT2D eigenvalue weighted by Gasteiger charge is -2.30. The molecule has 3 aromatic rings. The van der Waals surface area contributed by atoms with E-state index in [4.69, 9.17) is 4.42 Å². The molecule has 168 valence electrons. The third kappa shape index (κ3) is 5.01. The minimum absolute atomic E-state index is 0.0194. The molecule has 2 amide bonds. The number of hydrogen-bond acceptors (Lipinski definition) is 5. The summed E-state index contributed by atoms with van der Waals surface area (Å²) in [6.07, 6.45) is -3.42. The highest BCUT2D eigenvalue weighted by Gasteiger charge is 2.30. The average molecular weight is 446 g/mol. The number of para-hydroxylation sites is 3. The standard InChI is InChI=1S/C22H21F3N4O3/c23-22(24,25)13-26-20(31)15-5-1-2-6-16(15)27-19(30)14-9-11-29(12-10-14)21-28-17-7-3-4-8-18(17)32-21/h1-8,14H,9-13H2,(H,26,31)(H,27,30). The van der Waals surface area contributed by atoms with Crippen LogP contribution in [-0.4, -0.2) is 42.6 Å². The Bertz CT molecular complexity index is 1090. The van der Waals surface area contributed by atoms with Gasteiger partial charge in [-0.25, -0.2) is 0 Å². The molecule has 0 spiro atoms. The second-order valence-electron chi connectivity index (χ2n) is 7.56. The van der Waals surface area contributed by atoms with Crippen molar-refractivity contribution in [1.82, 2.24) is 10.3 Å². The number of amides is 2. The maximum atomic E-state index is 12.8. The van der Waals surface area contributed by atoms with Gasteiger partial charge in [-0.15, -0.1) is 0 Å². The number of aromatic nitrogens is 1. The summed E-state index contributed by atoms with van der Waals surface area (Å²) in [6, 6.07) is 14.0. The Balaban J connectivity index is 1.36. The van der Waals surface area contributed by atoms with E-state index in [9.17, 15) is 22.8 Å². The van der Waals surface area contributed by atoms with E-state index in [-0.39, 0.29) is 23.1 Å². The van der Waals surface area contributed by atoms with Crippen molar-refractivity contribution >= 4 is 34.6 Å². The van der Waals surface area contributed by atoms with Gasteiger partial charge in [0.05, 0.1) is 11.3 Å². The van der Waals surface area contributed by atoms with Crippen LogP contribution in [0.25, 0.3) is 11.1 Å². The lowest BCUT2D eigenvalue weighted by Crippen LogP contribution is -2.38. The SMILES string of the molecule is O=C(NCC(F)(F)F)c1ccccc1NC(=O)C1CCN(c2nc3ccccc3o2)CC1. The van der Waals surface area contributed by atoms with Gasteiger partial charge in [0, 0.05) is 19.0 Å². The minimum Gasteiger partial charge on any atom is -0.423 e. The second-order valence-corrected chi connectivity index (χ2v) is 7.56. The predicted octanol–water partition coefficient (Wildman–Crippen LogP) is 3.98. The van der Waals surface area contributed by atoms with Crippen molar-refractivity contribution < 1.29 is 27.2 Å². The average Bonchev–Trinajstić information content (AvgIpc) is 3.22. The number of fused-ring (bicyclic) bond motifs is 1. The van der Waals surface area contributed by atoms with Gasteiger partial charge >= 0.3 is 6.18 Å². The normalized spacial score (nSPS) is 15.0. The van der Waals surface area contributed by atoms with Gasteiger partial charge in [-0.3, -0.25) is 9.59 Å². The number of halogens is 3. The molecule has 1 fully saturated rings. The molecule has 2 heterocycles. The Morgan fingerprint density at radius 3 is 2.47 bits per heavy atom. The van der Waals surface area contributed by atoms with E-state index in [1.54, 1.807) is 6.07 Å². The van der Waals surface area contributed by atoms with Gasteiger partial charge in [0.1, 0.15) is 12.1 Å². The number of anilines is 2. The molecule has 1 aliphatic rings. The fraction of sp³-hybridized carbons (Fsp3) is 0.318. The fourth-order valence-electron chi connectivity index (χ4n) is 3.63. The summed E-state index contributed by atoms with van der Waals surface area (Å²) in [6.45, 7) is -0.306. The van der Waals surface area contributed by atoms with Crippen molar-refractivity contribution in [3.8, 4) is 0 Å². The largest absolute Gasteiger partial charge is 0.423 e. The highest BCUT2D eigenvalue weighted by Crippen LogP contribution is 2.27. The molecular formula is C22H21F3N4O3.